The van der Waals surface area contributed by atoms with Crippen LogP contribution in [0.2, 0.25) is 0 Å². The van der Waals surface area contributed by atoms with Gasteiger partial charge in [-0.15, -0.1) is 0 Å². The molecule has 6 nitrogen and oxygen atoms in total. The van der Waals surface area contributed by atoms with Gasteiger partial charge in [-0.25, -0.2) is 9.97 Å². The number of benzene rings is 2. The second-order valence-corrected chi connectivity index (χ2v) is 4.37. The maximum atomic E-state index is 5.65. The van der Waals surface area contributed by atoms with Crippen LogP contribution in [0.4, 0.5) is 29.0 Å². The Morgan fingerprint density at radius 1 is 0.714 bits per heavy atom. The molecule has 3 aromatic rings. The van der Waals surface area contributed by atoms with Gasteiger partial charge in [0.1, 0.15) is 6.33 Å². The molecule has 0 fully saturated rings. The molecule has 0 aliphatic rings. The number of nitrogen functional groups attached to an aromatic ring is 1. The van der Waals surface area contributed by atoms with Gasteiger partial charge in [-0.05, 0) is 36.4 Å². The van der Waals surface area contributed by atoms with E-state index >= 15 is 0 Å². The highest BCUT2D eigenvalue weighted by atomic mass is 15.2. The Labute approximate surface area is 122 Å². The third-order valence-electron chi connectivity index (χ3n) is 2.77. The Hall–Kier alpha value is -3.15. The first-order valence-electron chi connectivity index (χ1n) is 6.43. The summed E-state index contributed by atoms with van der Waals surface area (Å²) in [7, 11) is 0. The molecular weight excluding hydrogens is 264 g/mol. The number of nitrogens with zero attached hydrogens (tertiary/aromatic N) is 3. The van der Waals surface area contributed by atoms with E-state index in [1.807, 2.05) is 54.6 Å². The summed E-state index contributed by atoms with van der Waals surface area (Å²) in [4.78, 5) is 12.5. The summed E-state index contributed by atoms with van der Waals surface area (Å²) < 4.78 is 0. The fourth-order valence-corrected chi connectivity index (χ4v) is 1.76. The second-order valence-electron chi connectivity index (χ2n) is 4.37. The summed E-state index contributed by atoms with van der Waals surface area (Å²) in [5.41, 5.74) is 8.14. The monoisotopic (exact) mass is 278 g/mol. The Balaban J connectivity index is 1.75. The molecule has 0 spiro atoms. The number of para-hydroxylation sites is 1. The molecule has 1 aromatic heterocycles. The molecule has 0 atom stereocenters. The first kappa shape index (κ1) is 12.9. The average molecular weight is 278 g/mol. The van der Waals surface area contributed by atoms with E-state index in [1.54, 1.807) is 0 Å². The first-order chi connectivity index (χ1) is 10.3. The van der Waals surface area contributed by atoms with Crippen molar-refractivity contribution in [3.8, 4) is 0 Å². The van der Waals surface area contributed by atoms with Gasteiger partial charge in [0.25, 0.3) is 0 Å². The Morgan fingerprint density at radius 3 is 1.90 bits per heavy atom. The molecule has 0 aliphatic heterocycles. The largest absolute Gasteiger partial charge is 0.399 e. The Morgan fingerprint density at radius 2 is 1.29 bits per heavy atom. The number of rotatable bonds is 4. The van der Waals surface area contributed by atoms with Crippen LogP contribution >= 0.6 is 0 Å². The molecule has 1 heterocycles. The molecule has 3 rings (SSSR count). The zero-order chi connectivity index (χ0) is 14.5. The SMILES string of the molecule is Nc1ccc(Nc2ncnc(Nc3ccccc3)n2)cc1. The van der Waals surface area contributed by atoms with E-state index in [-0.39, 0.29) is 0 Å². The number of hydrogen-bond donors (Lipinski definition) is 3. The van der Waals surface area contributed by atoms with Crippen molar-refractivity contribution in [2.75, 3.05) is 16.4 Å². The van der Waals surface area contributed by atoms with Crippen LogP contribution in [0.25, 0.3) is 0 Å². The molecule has 2 aromatic carbocycles. The molecule has 0 radical (unpaired) electrons. The van der Waals surface area contributed by atoms with Crippen LogP contribution < -0.4 is 16.4 Å². The molecule has 0 saturated heterocycles. The van der Waals surface area contributed by atoms with Crippen molar-refractivity contribution in [2.24, 2.45) is 0 Å². The van der Waals surface area contributed by atoms with E-state index in [0.717, 1.165) is 11.4 Å². The summed E-state index contributed by atoms with van der Waals surface area (Å²) in [6, 6.07) is 17.1. The minimum atomic E-state index is 0.466. The van der Waals surface area contributed by atoms with E-state index in [4.69, 9.17) is 5.73 Å². The molecule has 4 N–H and O–H groups in total. The van der Waals surface area contributed by atoms with Gasteiger partial charge in [0.2, 0.25) is 11.9 Å². The molecule has 104 valence electrons. The Kier molecular flexibility index (Phi) is 3.60. The third kappa shape index (κ3) is 3.44. The van der Waals surface area contributed by atoms with Crippen molar-refractivity contribution in [3.05, 3.63) is 60.9 Å². The zero-order valence-corrected chi connectivity index (χ0v) is 11.2. The fraction of sp³-hybridized carbons (Fsp3) is 0. The van der Waals surface area contributed by atoms with Crippen molar-refractivity contribution in [1.82, 2.24) is 15.0 Å². The smallest absolute Gasteiger partial charge is 0.232 e. The lowest BCUT2D eigenvalue weighted by Gasteiger charge is -2.07. The van der Waals surface area contributed by atoms with Crippen molar-refractivity contribution in [3.63, 3.8) is 0 Å². The lowest BCUT2D eigenvalue weighted by atomic mass is 10.3. The van der Waals surface area contributed by atoms with Crippen molar-refractivity contribution in [2.45, 2.75) is 0 Å². The van der Waals surface area contributed by atoms with Gasteiger partial charge in [0, 0.05) is 17.1 Å². The van der Waals surface area contributed by atoms with Crippen LogP contribution in [0.1, 0.15) is 0 Å². The number of nitrogens with two attached hydrogens (primary N) is 1. The molecule has 21 heavy (non-hydrogen) atoms. The quantitative estimate of drug-likeness (QED) is 0.636. The van der Waals surface area contributed by atoms with Gasteiger partial charge in [-0.1, -0.05) is 18.2 Å². The van der Waals surface area contributed by atoms with Crippen LogP contribution in [-0.2, 0) is 0 Å². The summed E-state index contributed by atoms with van der Waals surface area (Å²) in [5, 5.41) is 6.22. The average Bonchev–Trinajstić information content (AvgIpc) is 2.51. The second kappa shape index (κ2) is 5.87. The van der Waals surface area contributed by atoms with E-state index in [9.17, 15) is 0 Å². The number of anilines is 5. The van der Waals surface area contributed by atoms with E-state index < -0.39 is 0 Å². The van der Waals surface area contributed by atoms with Crippen molar-refractivity contribution >= 4 is 29.0 Å². The predicted octanol–water partition coefficient (Wildman–Crippen LogP) is 2.94. The maximum Gasteiger partial charge on any atom is 0.232 e. The maximum absolute atomic E-state index is 5.65. The Bertz CT molecular complexity index is 712. The normalized spacial score (nSPS) is 10.1. The van der Waals surface area contributed by atoms with Crippen LogP contribution in [0.5, 0.6) is 0 Å². The summed E-state index contributed by atoms with van der Waals surface area (Å²) in [5.74, 6) is 0.947. The number of hydrogen-bond acceptors (Lipinski definition) is 6. The molecule has 0 aliphatic carbocycles. The highest BCUT2D eigenvalue weighted by Gasteiger charge is 2.02. The van der Waals surface area contributed by atoms with Crippen LogP contribution in [0.15, 0.2) is 60.9 Å². The molecule has 0 saturated carbocycles. The minimum Gasteiger partial charge on any atom is -0.399 e. The van der Waals surface area contributed by atoms with Gasteiger partial charge >= 0.3 is 0 Å². The van der Waals surface area contributed by atoms with Crippen LogP contribution in [-0.4, -0.2) is 15.0 Å². The van der Waals surface area contributed by atoms with Crippen molar-refractivity contribution < 1.29 is 0 Å². The zero-order valence-electron chi connectivity index (χ0n) is 11.2. The van der Waals surface area contributed by atoms with Gasteiger partial charge in [-0.3, -0.25) is 0 Å². The van der Waals surface area contributed by atoms with Gasteiger partial charge < -0.3 is 16.4 Å². The molecule has 0 amide bonds. The molecule has 6 heteroatoms. The first-order valence-corrected chi connectivity index (χ1v) is 6.43. The minimum absolute atomic E-state index is 0.466. The summed E-state index contributed by atoms with van der Waals surface area (Å²) in [6.07, 6.45) is 1.46. The highest BCUT2D eigenvalue weighted by molar-refractivity contribution is 5.59. The van der Waals surface area contributed by atoms with E-state index in [1.165, 1.54) is 6.33 Å². The highest BCUT2D eigenvalue weighted by Crippen LogP contribution is 2.16. The lowest BCUT2D eigenvalue weighted by Crippen LogP contribution is -2.02. The third-order valence-corrected chi connectivity index (χ3v) is 2.77. The van der Waals surface area contributed by atoms with E-state index in [2.05, 4.69) is 25.6 Å². The summed E-state index contributed by atoms with van der Waals surface area (Å²) in [6.45, 7) is 0. The topological polar surface area (TPSA) is 88.8 Å². The lowest BCUT2D eigenvalue weighted by molar-refractivity contribution is 1.06. The van der Waals surface area contributed by atoms with Crippen LogP contribution in [0, 0.1) is 0 Å². The molecule has 0 unspecified atom stereocenters. The van der Waals surface area contributed by atoms with E-state index in [0.29, 0.717) is 17.6 Å². The van der Waals surface area contributed by atoms with Gasteiger partial charge in [0.05, 0.1) is 0 Å². The number of nitrogens with one attached hydrogen (secondary N) is 2. The fourth-order valence-electron chi connectivity index (χ4n) is 1.76. The predicted molar refractivity (Wildman–Crippen MR) is 83.7 cm³/mol. The van der Waals surface area contributed by atoms with Gasteiger partial charge in [-0.2, -0.15) is 4.98 Å². The van der Waals surface area contributed by atoms with Crippen molar-refractivity contribution in [1.29, 1.82) is 0 Å². The molecular formula is C15H14N6. The van der Waals surface area contributed by atoms with Gasteiger partial charge in [0.15, 0.2) is 0 Å². The number of aromatic nitrogens is 3. The molecule has 0 bridgehead atoms. The standard InChI is InChI=1S/C15H14N6/c16-11-6-8-13(9-7-11)20-15-18-10-17-14(21-15)19-12-4-2-1-3-5-12/h1-10H,16H2,(H2,17,18,19,20,21). The van der Waals surface area contributed by atoms with Crippen LogP contribution in [0.3, 0.4) is 0 Å². The summed E-state index contributed by atoms with van der Waals surface area (Å²) >= 11 is 0.